The molecule has 6 nitrogen and oxygen atoms in total. The van der Waals surface area contributed by atoms with E-state index >= 15 is 0 Å². The summed E-state index contributed by atoms with van der Waals surface area (Å²) < 4.78 is 0. The molecular formula is C18H22N4O2. The van der Waals surface area contributed by atoms with Crippen LogP contribution in [0.4, 0.5) is 5.82 Å². The van der Waals surface area contributed by atoms with Gasteiger partial charge in [-0.1, -0.05) is 38.0 Å². The van der Waals surface area contributed by atoms with Crippen molar-refractivity contribution in [2.45, 2.75) is 32.2 Å². The number of rotatable bonds is 7. The van der Waals surface area contributed by atoms with Crippen molar-refractivity contribution >= 4 is 17.6 Å². The summed E-state index contributed by atoms with van der Waals surface area (Å²) in [6, 6.07) is 11.7. The molecule has 0 unspecified atom stereocenters. The van der Waals surface area contributed by atoms with E-state index in [0.717, 1.165) is 24.1 Å². The van der Waals surface area contributed by atoms with Gasteiger partial charge in [-0.05, 0) is 30.7 Å². The number of nitrogen functional groups attached to an aromatic ring is 1. The highest BCUT2D eigenvalue weighted by Crippen LogP contribution is 2.18. The molecule has 0 radical (unpaired) electrons. The average molecular weight is 326 g/mol. The van der Waals surface area contributed by atoms with Gasteiger partial charge >= 0.3 is 0 Å². The Morgan fingerprint density at radius 3 is 2.46 bits per heavy atom. The zero-order valence-corrected chi connectivity index (χ0v) is 13.7. The average Bonchev–Trinajstić information content (AvgIpc) is 2.58. The Morgan fingerprint density at radius 1 is 1.17 bits per heavy atom. The van der Waals surface area contributed by atoms with Crippen LogP contribution in [0, 0.1) is 0 Å². The predicted octanol–water partition coefficient (Wildman–Crippen LogP) is 2.10. The number of unbranched alkanes of at least 4 members (excludes halogenated alkanes) is 1. The molecule has 0 aliphatic carbocycles. The van der Waals surface area contributed by atoms with Gasteiger partial charge in [-0.3, -0.25) is 9.59 Å². The molecule has 126 valence electrons. The second kappa shape index (κ2) is 8.10. The van der Waals surface area contributed by atoms with Gasteiger partial charge in [0, 0.05) is 11.1 Å². The van der Waals surface area contributed by atoms with Crippen LogP contribution in [0.2, 0.25) is 0 Å². The zero-order valence-electron chi connectivity index (χ0n) is 13.7. The topological polar surface area (TPSA) is 111 Å². The molecule has 24 heavy (non-hydrogen) atoms. The van der Waals surface area contributed by atoms with Crippen LogP contribution in [0.3, 0.4) is 0 Å². The highest BCUT2D eigenvalue weighted by Gasteiger charge is 2.18. The molecule has 0 aliphatic rings. The standard InChI is InChI=1S/C18H22N4O2/c1-2-3-5-15(17(20)23)22-18(24)13-10-8-12(9-11-13)14-6-4-7-16(19)21-14/h4,6-11,15H,2-3,5H2,1H3,(H2,19,21)(H2,20,23)(H,22,24)/t15-/m1/s1. The van der Waals surface area contributed by atoms with Crippen molar-refractivity contribution in [1.82, 2.24) is 10.3 Å². The van der Waals surface area contributed by atoms with Gasteiger partial charge in [0.25, 0.3) is 5.91 Å². The molecule has 5 N–H and O–H groups in total. The van der Waals surface area contributed by atoms with E-state index in [2.05, 4.69) is 10.3 Å². The van der Waals surface area contributed by atoms with Crippen molar-refractivity contribution in [2.75, 3.05) is 5.73 Å². The zero-order chi connectivity index (χ0) is 17.5. The highest BCUT2D eigenvalue weighted by molar-refractivity contribution is 5.97. The number of hydrogen-bond acceptors (Lipinski definition) is 4. The van der Waals surface area contributed by atoms with Gasteiger partial charge in [-0.15, -0.1) is 0 Å². The van der Waals surface area contributed by atoms with Crippen molar-refractivity contribution in [1.29, 1.82) is 0 Å². The summed E-state index contributed by atoms with van der Waals surface area (Å²) in [5, 5.41) is 2.69. The third-order valence-corrected chi connectivity index (χ3v) is 3.71. The van der Waals surface area contributed by atoms with E-state index in [0.29, 0.717) is 17.8 Å². The first-order chi connectivity index (χ1) is 11.5. The molecule has 2 amide bonds. The summed E-state index contributed by atoms with van der Waals surface area (Å²) >= 11 is 0. The fraction of sp³-hybridized carbons (Fsp3) is 0.278. The summed E-state index contributed by atoms with van der Waals surface area (Å²) in [7, 11) is 0. The summed E-state index contributed by atoms with van der Waals surface area (Å²) in [5.74, 6) is -0.395. The highest BCUT2D eigenvalue weighted by atomic mass is 16.2. The van der Waals surface area contributed by atoms with Gasteiger partial charge in [0.2, 0.25) is 5.91 Å². The number of carbonyl (C=O) groups excluding carboxylic acids is 2. The number of nitrogens with zero attached hydrogens (tertiary/aromatic N) is 1. The number of anilines is 1. The minimum absolute atomic E-state index is 0.318. The smallest absolute Gasteiger partial charge is 0.251 e. The van der Waals surface area contributed by atoms with Crippen LogP contribution in [0.5, 0.6) is 0 Å². The quantitative estimate of drug-likeness (QED) is 0.723. The molecule has 1 heterocycles. The monoisotopic (exact) mass is 326 g/mol. The second-order valence-corrected chi connectivity index (χ2v) is 5.60. The number of hydrogen-bond donors (Lipinski definition) is 3. The van der Waals surface area contributed by atoms with E-state index in [-0.39, 0.29) is 5.91 Å². The van der Waals surface area contributed by atoms with Gasteiger partial charge in [0.1, 0.15) is 11.9 Å². The second-order valence-electron chi connectivity index (χ2n) is 5.60. The van der Waals surface area contributed by atoms with Crippen LogP contribution in [0.15, 0.2) is 42.5 Å². The molecule has 1 aromatic carbocycles. The SMILES string of the molecule is CCCC[C@@H](NC(=O)c1ccc(-c2cccc(N)n2)cc1)C(N)=O. The van der Waals surface area contributed by atoms with Gasteiger partial charge < -0.3 is 16.8 Å². The van der Waals surface area contributed by atoms with Gasteiger partial charge in [0.15, 0.2) is 0 Å². The maximum atomic E-state index is 12.3. The lowest BCUT2D eigenvalue weighted by Crippen LogP contribution is -2.44. The molecule has 0 fully saturated rings. The third kappa shape index (κ3) is 4.55. The van der Waals surface area contributed by atoms with Crippen molar-refractivity contribution < 1.29 is 9.59 Å². The first-order valence-corrected chi connectivity index (χ1v) is 7.94. The first kappa shape index (κ1) is 17.5. The Morgan fingerprint density at radius 2 is 1.88 bits per heavy atom. The van der Waals surface area contributed by atoms with Crippen LogP contribution in [0.25, 0.3) is 11.3 Å². The number of nitrogens with two attached hydrogens (primary N) is 2. The lowest BCUT2D eigenvalue weighted by atomic mass is 10.1. The fourth-order valence-electron chi connectivity index (χ4n) is 2.34. The number of amides is 2. The molecule has 1 atom stereocenters. The predicted molar refractivity (Wildman–Crippen MR) is 94.1 cm³/mol. The van der Waals surface area contributed by atoms with E-state index < -0.39 is 11.9 Å². The van der Waals surface area contributed by atoms with Crippen molar-refractivity contribution in [3.05, 3.63) is 48.0 Å². The molecule has 0 bridgehead atoms. The number of primary amides is 1. The summed E-state index contributed by atoms with van der Waals surface area (Å²) in [4.78, 5) is 27.9. The van der Waals surface area contributed by atoms with Crippen molar-refractivity contribution in [3.63, 3.8) is 0 Å². The van der Waals surface area contributed by atoms with Crippen LogP contribution < -0.4 is 16.8 Å². The summed E-state index contributed by atoms with van der Waals surface area (Å²) in [5.41, 5.74) is 13.1. The number of aromatic nitrogens is 1. The Bertz CT molecular complexity index is 713. The van der Waals surface area contributed by atoms with Crippen molar-refractivity contribution in [2.24, 2.45) is 5.73 Å². The van der Waals surface area contributed by atoms with E-state index in [1.165, 1.54) is 0 Å². The van der Waals surface area contributed by atoms with E-state index in [1.54, 1.807) is 30.3 Å². The maximum absolute atomic E-state index is 12.3. The molecule has 1 aromatic heterocycles. The van der Waals surface area contributed by atoms with E-state index in [1.807, 2.05) is 19.1 Å². The fourth-order valence-corrected chi connectivity index (χ4v) is 2.34. The van der Waals surface area contributed by atoms with Crippen molar-refractivity contribution in [3.8, 4) is 11.3 Å². The van der Waals surface area contributed by atoms with Crippen LogP contribution in [0.1, 0.15) is 36.5 Å². The lowest BCUT2D eigenvalue weighted by Gasteiger charge is -2.15. The number of nitrogens with one attached hydrogen (secondary N) is 1. The largest absolute Gasteiger partial charge is 0.384 e. The minimum atomic E-state index is -0.646. The van der Waals surface area contributed by atoms with Crippen LogP contribution in [-0.2, 0) is 4.79 Å². The van der Waals surface area contributed by atoms with Gasteiger partial charge in [-0.2, -0.15) is 0 Å². The molecule has 0 saturated carbocycles. The third-order valence-electron chi connectivity index (χ3n) is 3.71. The van der Waals surface area contributed by atoms with E-state index in [4.69, 9.17) is 11.5 Å². The number of pyridine rings is 1. The first-order valence-electron chi connectivity index (χ1n) is 7.94. The Kier molecular flexibility index (Phi) is 5.89. The van der Waals surface area contributed by atoms with Crippen LogP contribution in [-0.4, -0.2) is 22.8 Å². The Labute approximate surface area is 141 Å². The van der Waals surface area contributed by atoms with E-state index in [9.17, 15) is 9.59 Å². The Balaban J connectivity index is 2.09. The van der Waals surface area contributed by atoms with Gasteiger partial charge in [0.05, 0.1) is 5.69 Å². The summed E-state index contributed by atoms with van der Waals surface area (Å²) in [6.45, 7) is 2.02. The molecule has 0 spiro atoms. The maximum Gasteiger partial charge on any atom is 0.251 e. The molecular weight excluding hydrogens is 304 g/mol. The number of carbonyl (C=O) groups is 2. The molecule has 2 aromatic rings. The number of benzene rings is 1. The molecule has 0 aliphatic heterocycles. The van der Waals surface area contributed by atoms with Gasteiger partial charge in [-0.25, -0.2) is 4.98 Å². The minimum Gasteiger partial charge on any atom is -0.384 e. The lowest BCUT2D eigenvalue weighted by molar-refractivity contribution is -0.120. The summed E-state index contributed by atoms with van der Waals surface area (Å²) in [6.07, 6.45) is 2.30. The molecule has 0 saturated heterocycles. The molecule has 6 heteroatoms. The normalized spacial score (nSPS) is 11.7. The molecule has 2 rings (SSSR count). The van der Waals surface area contributed by atoms with Crippen LogP contribution >= 0.6 is 0 Å². The Hall–Kier alpha value is -2.89.